The number of nitrogens with one attached hydrogen (secondary N) is 3. The molecule has 1 saturated heterocycles. The van der Waals surface area contributed by atoms with Gasteiger partial charge in [0.25, 0.3) is 5.91 Å². The fraction of sp³-hybridized carbons (Fsp3) is 0.650. The zero-order valence-electron chi connectivity index (χ0n) is 15.6. The third-order valence-electron chi connectivity index (χ3n) is 5.33. The van der Waals surface area contributed by atoms with E-state index in [1.165, 1.54) is 24.8 Å². The molecule has 26 heavy (non-hydrogen) atoms. The average molecular weight is 382 g/mol. The van der Waals surface area contributed by atoms with E-state index in [-0.39, 0.29) is 18.3 Å². The van der Waals surface area contributed by atoms with Crippen LogP contribution in [0.15, 0.2) is 24.3 Å². The van der Waals surface area contributed by atoms with Crippen molar-refractivity contribution in [3.05, 3.63) is 35.4 Å². The van der Waals surface area contributed by atoms with E-state index >= 15 is 0 Å². The van der Waals surface area contributed by atoms with Gasteiger partial charge < -0.3 is 20.7 Å². The molecule has 1 saturated carbocycles. The molecule has 2 aliphatic rings. The summed E-state index contributed by atoms with van der Waals surface area (Å²) in [4.78, 5) is 12.1. The van der Waals surface area contributed by atoms with Crippen molar-refractivity contribution in [2.75, 3.05) is 26.3 Å². The van der Waals surface area contributed by atoms with E-state index in [1.807, 2.05) is 18.2 Å². The summed E-state index contributed by atoms with van der Waals surface area (Å²) in [6.45, 7) is 6.21. The number of carbonyl (C=O) groups excluding carboxylic acids is 1. The summed E-state index contributed by atoms with van der Waals surface area (Å²) in [7, 11) is 0. The maximum Gasteiger partial charge on any atom is 0.251 e. The SMILES string of the molecule is CCCNC(=O)c1cccc(CNC2CCCC2C2COCCN2)c1.Cl. The number of morpholine rings is 1. The Morgan fingerprint density at radius 2 is 2.23 bits per heavy atom. The minimum atomic E-state index is 0. The van der Waals surface area contributed by atoms with Crippen LogP contribution in [0.1, 0.15) is 48.5 Å². The van der Waals surface area contributed by atoms with E-state index in [9.17, 15) is 4.79 Å². The van der Waals surface area contributed by atoms with Gasteiger partial charge >= 0.3 is 0 Å². The fourth-order valence-corrected chi connectivity index (χ4v) is 4.00. The monoisotopic (exact) mass is 381 g/mol. The Hall–Kier alpha value is -1.14. The second-order valence-electron chi connectivity index (χ2n) is 7.17. The Labute approximate surface area is 163 Å². The molecule has 3 unspecified atom stereocenters. The number of benzene rings is 1. The summed E-state index contributed by atoms with van der Waals surface area (Å²) in [5.74, 6) is 0.655. The first-order valence-corrected chi connectivity index (χ1v) is 9.69. The Kier molecular flexibility index (Phi) is 8.85. The molecular weight excluding hydrogens is 350 g/mol. The predicted octanol–water partition coefficient (Wildman–Crippen LogP) is 2.49. The largest absolute Gasteiger partial charge is 0.379 e. The third kappa shape index (κ3) is 5.68. The summed E-state index contributed by atoms with van der Waals surface area (Å²) in [6, 6.07) is 8.95. The van der Waals surface area contributed by atoms with Crippen LogP contribution < -0.4 is 16.0 Å². The van der Waals surface area contributed by atoms with E-state index in [1.54, 1.807) is 0 Å². The van der Waals surface area contributed by atoms with E-state index < -0.39 is 0 Å². The van der Waals surface area contributed by atoms with Gasteiger partial charge in [-0.1, -0.05) is 25.5 Å². The Balaban J connectivity index is 0.00000243. The van der Waals surface area contributed by atoms with Gasteiger partial charge in [-0.05, 0) is 42.9 Å². The summed E-state index contributed by atoms with van der Waals surface area (Å²) >= 11 is 0. The van der Waals surface area contributed by atoms with E-state index in [0.29, 0.717) is 18.0 Å². The van der Waals surface area contributed by atoms with Crippen molar-refractivity contribution >= 4 is 18.3 Å². The Bertz CT molecular complexity index is 564. The lowest BCUT2D eigenvalue weighted by molar-refractivity contribution is 0.0524. The second-order valence-corrected chi connectivity index (χ2v) is 7.17. The third-order valence-corrected chi connectivity index (χ3v) is 5.33. The van der Waals surface area contributed by atoms with E-state index in [4.69, 9.17) is 4.74 Å². The van der Waals surface area contributed by atoms with Crippen LogP contribution >= 0.6 is 12.4 Å². The molecule has 0 radical (unpaired) electrons. The second kappa shape index (κ2) is 10.9. The summed E-state index contributed by atoms with van der Waals surface area (Å²) in [5.41, 5.74) is 1.92. The lowest BCUT2D eigenvalue weighted by Gasteiger charge is -2.33. The normalized spacial score (nSPS) is 25.5. The van der Waals surface area contributed by atoms with Crippen LogP contribution in [0.5, 0.6) is 0 Å². The molecule has 146 valence electrons. The molecular formula is C20H32ClN3O2. The smallest absolute Gasteiger partial charge is 0.251 e. The van der Waals surface area contributed by atoms with Gasteiger partial charge in [0.1, 0.15) is 0 Å². The lowest BCUT2D eigenvalue weighted by atomic mass is 9.94. The zero-order chi connectivity index (χ0) is 17.5. The van der Waals surface area contributed by atoms with Crippen molar-refractivity contribution in [3.8, 4) is 0 Å². The first-order chi connectivity index (χ1) is 12.3. The van der Waals surface area contributed by atoms with Crippen molar-refractivity contribution in [1.82, 2.24) is 16.0 Å². The first kappa shape index (κ1) is 21.2. The molecule has 3 rings (SSSR count). The standard InChI is InChI=1S/C20H31N3O2.ClH/c1-2-9-22-20(24)16-6-3-5-15(12-16)13-23-18-8-4-7-17(18)19-14-25-11-10-21-19;/h3,5-6,12,17-19,21,23H,2,4,7-11,13-14H2,1H3,(H,22,24);1H. The number of hydrogen-bond acceptors (Lipinski definition) is 4. The molecule has 1 aliphatic carbocycles. The van der Waals surface area contributed by atoms with Gasteiger partial charge in [-0.25, -0.2) is 0 Å². The molecule has 0 aromatic heterocycles. The topological polar surface area (TPSA) is 62.4 Å². The summed E-state index contributed by atoms with van der Waals surface area (Å²) in [6.07, 6.45) is 4.71. The summed E-state index contributed by atoms with van der Waals surface area (Å²) < 4.78 is 5.65. The van der Waals surface area contributed by atoms with Crippen molar-refractivity contribution in [2.24, 2.45) is 5.92 Å². The van der Waals surface area contributed by atoms with E-state index in [2.05, 4.69) is 28.9 Å². The molecule has 5 nitrogen and oxygen atoms in total. The highest BCUT2D eigenvalue weighted by Crippen LogP contribution is 2.29. The fourth-order valence-electron chi connectivity index (χ4n) is 4.00. The van der Waals surface area contributed by atoms with Crippen LogP contribution in [0.2, 0.25) is 0 Å². The van der Waals surface area contributed by atoms with Crippen LogP contribution in [0.3, 0.4) is 0 Å². The maximum absolute atomic E-state index is 12.1. The number of rotatable bonds is 7. The number of halogens is 1. The van der Waals surface area contributed by atoms with Crippen LogP contribution in [0.25, 0.3) is 0 Å². The van der Waals surface area contributed by atoms with Gasteiger partial charge in [0.2, 0.25) is 0 Å². The molecule has 2 fully saturated rings. The van der Waals surface area contributed by atoms with Gasteiger partial charge in [-0.15, -0.1) is 12.4 Å². The van der Waals surface area contributed by atoms with Gasteiger partial charge in [0.05, 0.1) is 13.2 Å². The van der Waals surface area contributed by atoms with Crippen LogP contribution in [-0.4, -0.2) is 44.3 Å². The molecule has 6 heteroatoms. The van der Waals surface area contributed by atoms with Gasteiger partial charge in [-0.3, -0.25) is 4.79 Å². The molecule has 1 aromatic rings. The zero-order valence-corrected chi connectivity index (χ0v) is 16.4. The minimum absolute atomic E-state index is 0. The molecule has 1 heterocycles. The van der Waals surface area contributed by atoms with Crippen molar-refractivity contribution < 1.29 is 9.53 Å². The van der Waals surface area contributed by atoms with Crippen LogP contribution in [0.4, 0.5) is 0 Å². The Morgan fingerprint density at radius 1 is 1.35 bits per heavy atom. The highest BCUT2D eigenvalue weighted by Gasteiger charge is 2.34. The molecule has 3 N–H and O–H groups in total. The predicted molar refractivity (Wildman–Crippen MR) is 107 cm³/mol. The minimum Gasteiger partial charge on any atom is -0.379 e. The average Bonchev–Trinajstić information content (AvgIpc) is 3.14. The number of amides is 1. The van der Waals surface area contributed by atoms with Crippen molar-refractivity contribution in [2.45, 2.75) is 51.2 Å². The Morgan fingerprint density at radius 3 is 3.00 bits per heavy atom. The van der Waals surface area contributed by atoms with Crippen LogP contribution in [0, 0.1) is 5.92 Å². The maximum atomic E-state index is 12.1. The van der Waals surface area contributed by atoms with E-state index in [0.717, 1.165) is 44.8 Å². The highest BCUT2D eigenvalue weighted by atomic mass is 35.5. The molecule has 0 bridgehead atoms. The van der Waals surface area contributed by atoms with Crippen molar-refractivity contribution in [1.29, 1.82) is 0 Å². The van der Waals surface area contributed by atoms with Gasteiger partial charge in [-0.2, -0.15) is 0 Å². The molecule has 1 amide bonds. The van der Waals surface area contributed by atoms with Crippen molar-refractivity contribution in [3.63, 3.8) is 0 Å². The summed E-state index contributed by atoms with van der Waals surface area (Å²) in [5, 5.41) is 10.3. The molecule has 0 spiro atoms. The number of hydrogen-bond donors (Lipinski definition) is 3. The molecule has 3 atom stereocenters. The van der Waals surface area contributed by atoms with Gasteiger partial charge in [0, 0.05) is 37.3 Å². The lowest BCUT2D eigenvalue weighted by Crippen LogP contribution is -2.50. The number of ether oxygens (including phenoxy) is 1. The van der Waals surface area contributed by atoms with Gasteiger partial charge in [0.15, 0.2) is 0 Å². The highest BCUT2D eigenvalue weighted by molar-refractivity contribution is 5.94. The first-order valence-electron chi connectivity index (χ1n) is 9.69. The molecule has 1 aromatic carbocycles. The molecule has 1 aliphatic heterocycles. The van der Waals surface area contributed by atoms with Crippen LogP contribution in [-0.2, 0) is 11.3 Å². The number of carbonyl (C=O) groups is 1. The quantitative estimate of drug-likeness (QED) is 0.679.